The molecule has 0 aliphatic carbocycles. The number of aromatic amines is 1. The molecule has 2 aliphatic heterocycles. The molecule has 0 bridgehead atoms. The van der Waals surface area contributed by atoms with Crippen molar-refractivity contribution in [2.24, 2.45) is 0 Å². The van der Waals surface area contributed by atoms with E-state index in [2.05, 4.69) is 34.3 Å². The van der Waals surface area contributed by atoms with Gasteiger partial charge in [0.15, 0.2) is 0 Å². The van der Waals surface area contributed by atoms with Crippen molar-refractivity contribution >= 4 is 22.8 Å². The molecule has 1 spiro atoms. The van der Waals surface area contributed by atoms with E-state index in [0.29, 0.717) is 19.4 Å². The molecule has 0 atom stereocenters. The van der Waals surface area contributed by atoms with Crippen LogP contribution in [0.15, 0.2) is 54.7 Å². The Morgan fingerprint density at radius 3 is 2.58 bits per heavy atom. The number of aromatic nitrogens is 1. The molecule has 3 amide bonds. The zero-order chi connectivity index (χ0) is 23.0. The number of benzene rings is 2. The minimum absolute atomic E-state index is 0.0658. The highest BCUT2D eigenvalue weighted by atomic mass is 16.5. The first-order valence-corrected chi connectivity index (χ1v) is 11.6. The second-order valence-electron chi connectivity index (χ2n) is 8.94. The van der Waals surface area contributed by atoms with Gasteiger partial charge in [-0.3, -0.25) is 14.6 Å². The molecule has 33 heavy (non-hydrogen) atoms. The van der Waals surface area contributed by atoms with E-state index in [1.165, 1.54) is 15.8 Å². The molecule has 0 saturated carbocycles. The van der Waals surface area contributed by atoms with E-state index in [0.717, 1.165) is 36.5 Å². The molecule has 0 unspecified atom stereocenters. The molecule has 0 radical (unpaired) electrons. The number of methoxy groups -OCH3 is 1. The van der Waals surface area contributed by atoms with Crippen molar-refractivity contribution in [3.8, 4) is 5.75 Å². The predicted octanol–water partition coefficient (Wildman–Crippen LogP) is 4.00. The zero-order valence-corrected chi connectivity index (χ0v) is 19.2. The fourth-order valence-corrected chi connectivity index (χ4v) is 5.38. The number of ether oxygens (including phenoxy) is 1. The molecule has 3 aromatic rings. The summed E-state index contributed by atoms with van der Waals surface area (Å²) in [6.07, 6.45) is 3.39. The summed E-state index contributed by atoms with van der Waals surface area (Å²) in [5.41, 5.74) is 2.56. The number of hydrogen-bond acceptors (Lipinski definition) is 4. The maximum absolute atomic E-state index is 13.6. The number of piperidine rings is 1. The molecule has 1 aromatic heterocycles. The first kappa shape index (κ1) is 21.5. The maximum atomic E-state index is 13.6. The first-order valence-electron chi connectivity index (χ1n) is 11.6. The van der Waals surface area contributed by atoms with Gasteiger partial charge in [-0.2, -0.15) is 0 Å². The fourth-order valence-electron chi connectivity index (χ4n) is 5.38. The topological polar surface area (TPSA) is 68.9 Å². The number of amides is 3. The zero-order valence-electron chi connectivity index (χ0n) is 19.2. The van der Waals surface area contributed by atoms with Gasteiger partial charge in [0.05, 0.1) is 13.7 Å². The third-order valence-corrected chi connectivity index (χ3v) is 7.16. The number of H-pyrrole nitrogens is 1. The lowest BCUT2D eigenvalue weighted by Crippen LogP contribution is -2.56. The minimum atomic E-state index is -0.735. The van der Waals surface area contributed by atoms with Crippen LogP contribution in [0, 0.1) is 0 Å². The van der Waals surface area contributed by atoms with Crippen LogP contribution in [0.25, 0.3) is 10.9 Å². The van der Waals surface area contributed by atoms with Gasteiger partial charge in [-0.15, -0.1) is 0 Å². The quantitative estimate of drug-likeness (QED) is 0.581. The summed E-state index contributed by atoms with van der Waals surface area (Å²) in [5, 5.41) is 1.24. The van der Waals surface area contributed by atoms with Crippen molar-refractivity contribution in [2.75, 3.05) is 26.7 Å². The number of urea groups is 1. The summed E-state index contributed by atoms with van der Waals surface area (Å²) < 4.78 is 5.30. The van der Waals surface area contributed by atoms with Gasteiger partial charge in [0.1, 0.15) is 11.3 Å². The lowest BCUT2D eigenvalue weighted by molar-refractivity contribution is -0.136. The van der Waals surface area contributed by atoms with Crippen molar-refractivity contribution in [1.29, 1.82) is 0 Å². The first-order chi connectivity index (χ1) is 16.1. The number of rotatable bonds is 6. The second-order valence-corrected chi connectivity index (χ2v) is 8.94. The summed E-state index contributed by atoms with van der Waals surface area (Å²) >= 11 is 0. The van der Waals surface area contributed by atoms with Crippen molar-refractivity contribution in [3.63, 3.8) is 0 Å². The van der Waals surface area contributed by atoms with Crippen molar-refractivity contribution in [2.45, 2.75) is 38.4 Å². The number of nitrogens with zero attached hydrogens (tertiary/aromatic N) is 3. The molecule has 2 aromatic carbocycles. The van der Waals surface area contributed by atoms with Crippen LogP contribution in [-0.4, -0.2) is 63.9 Å². The summed E-state index contributed by atoms with van der Waals surface area (Å²) in [4.78, 5) is 35.8. The smallest absolute Gasteiger partial charge is 0.327 e. The van der Waals surface area contributed by atoms with Crippen LogP contribution in [0.4, 0.5) is 4.79 Å². The number of likely N-dealkylation sites (tertiary alicyclic amines) is 1. The lowest BCUT2D eigenvalue weighted by Gasteiger charge is -2.41. The standard InChI is InChI=1S/C26H30N4O3/c1-3-30-25(32)29(17-19-7-6-8-21(15-19)33-2)24(31)26(30)11-13-28(14-12-26)18-20-16-27-23-10-5-4-9-22(20)23/h4-10,15-16,27H,3,11-14,17-18H2,1-2H3. The van der Waals surface area contributed by atoms with Crippen LogP contribution in [0.3, 0.4) is 0 Å². The average Bonchev–Trinajstić information content (AvgIpc) is 3.33. The SMILES string of the molecule is CCN1C(=O)N(Cc2cccc(OC)c2)C(=O)C12CCN(Cc1c[nH]c3ccccc13)CC2. The molecule has 3 heterocycles. The highest BCUT2D eigenvalue weighted by Crippen LogP contribution is 2.38. The highest BCUT2D eigenvalue weighted by molar-refractivity contribution is 6.07. The van der Waals surface area contributed by atoms with Crippen LogP contribution in [0.1, 0.15) is 30.9 Å². The number of para-hydroxylation sites is 1. The normalized spacial score (nSPS) is 18.6. The Labute approximate surface area is 193 Å². The van der Waals surface area contributed by atoms with E-state index in [9.17, 15) is 9.59 Å². The Morgan fingerprint density at radius 1 is 1.03 bits per heavy atom. The molecular weight excluding hydrogens is 416 g/mol. The number of imide groups is 1. The molecule has 172 valence electrons. The van der Waals surface area contributed by atoms with Crippen molar-refractivity contribution < 1.29 is 14.3 Å². The Hall–Kier alpha value is -3.32. The van der Waals surface area contributed by atoms with Gasteiger partial charge in [0.25, 0.3) is 5.91 Å². The number of hydrogen-bond donors (Lipinski definition) is 1. The predicted molar refractivity (Wildman–Crippen MR) is 127 cm³/mol. The van der Waals surface area contributed by atoms with E-state index < -0.39 is 5.54 Å². The Kier molecular flexibility index (Phi) is 5.58. The van der Waals surface area contributed by atoms with Crippen LogP contribution in [0.5, 0.6) is 5.75 Å². The Bertz CT molecular complexity index is 1180. The van der Waals surface area contributed by atoms with E-state index >= 15 is 0 Å². The number of carbonyl (C=O) groups is 2. The summed E-state index contributed by atoms with van der Waals surface area (Å²) in [6, 6.07) is 15.7. The van der Waals surface area contributed by atoms with Gasteiger partial charge >= 0.3 is 6.03 Å². The molecule has 2 aliphatic rings. The molecule has 7 nitrogen and oxygen atoms in total. The number of nitrogens with one attached hydrogen (secondary N) is 1. The third kappa shape index (κ3) is 3.66. The Balaban J connectivity index is 1.31. The van der Waals surface area contributed by atoms with Gasteiger partial charge < -0.3 is 14.6 Å². The fraction of sp³-hybridized carbons (Fsp3) is 0.385. The van der Waals surface area contributed by atoms with E-state index in [1.54, 1.807) is 12.0 Å². The molecular formula is C26H30N4O3. The van der Waals surface area contributed by atoms with Crippen LogP contribution in [-0.2, 0) is 17.9 Å². The van der Waals surface area contributed by atoms with Gasteiger partial charge in [0.2, 0.25) is 0 Å². The van der Waals surface area contributed by atoms with E-state index in [4.69, 9.17) is 4.74 Å². The molecule has 7 heteroatoms. The van der Waals surface area contributed by atoms with E-state index in [-0.39, 0.29) is 18.5 Å². The largest absolute Gasteiger partial charge is 0.497 e. The van der Waals surface area contributed by atoms with Gasteiger partial charge in [-0.05, 0) is 49.1 Å². The number of fused-ring (bicyclic) bond motifs is 1. The molecule has 5 rings (SSSR count). The third-order valence-electron chi connectivity index (χ3n) is 7.16. The van der Waals surface area contributed by atoms with Crippen molar-refractivity contribution in [3.05, 3.63) is 65.9 Å². The monoisotopic (exact) mass is 446 g/mol. The summed E-state index contributed by atoms with van der Waals surface area (Å²) in [5.74, 6) is 0.656. The van der Waals surface area contributed by atoms with Gasteiger partial charge in [-0.1, -0.05) is 30.3 Å². The van der Waals surface area contributed by atoms with Gasteiger partial charge in [-0.25, -0.2) is 4.79 Å². The minimum Gasteiger partial charge on any atom is -0.497 e. The summed E-state index contributed by atoms with van der Waals surface area (Å²) in [6.45, 7) is 5.15. The van der Waals surface area contributed by atoms with Crippen LogP contribution >= 0.6 is 0 Å². The van der Waals surface area contributed by atoms with Gasteiger partial charge in [0, 0.05) is 43.3 Å². The van der Waals surface area contributed by atoms with Crippen LogP contribution in [0.2, 0.25) is 0 Å². The summed E-state index contributed by atoms with van der Waals surface area (Å²) in [7, 11) is 1.61. The second kappa shape index (κ2) is 8.56. The van der Waals surface area contributed by atoms with Crippen LogP contribution < -0.4 is 4.74 Å². The lowest BCUT2D eigenvalue weighted by atomic mass is 9.85. The average molecular weight is 447 g/mol. The number of likely N-dealkylation sites (N-methyl/N-ethyl adjacent to an activating group) is 1. The molecule has 2 fully saturated rings. The van der Waals surface area contributed by atoms with E-state index in [1.807, 2.05) is 37.3 Å². The number of carbonyl (C=O) groups excluding carboxylic acids is 2. The highest BCUT2D eigenvalue weighted by Gasteiger charge is 2.57. The Morgan fingerprint density at radius 2 is 1.82 bits per heavy atom. The van der Waals surface area contributed by atoms with Crippen molar-refractivity contribution in [1.82, 2.24) is 19.7 Å². The molecule has 2 saturated heterocycles. The molecule has 1 N–H and O–H groups in total. The maximum Gasteiger partial charge on any atom is 0.327 e.